The second-order valence-corrected chi connectivity index (χ2v) is 8.73. The van der Waals surface area contributed by atoms with Crippen LogP contribution in [0.2, 0.25) is 0 Å². The van der Waals surface area contributed by atoms with E-state index in [1.54, 1.807) is 40.6 Å². The van der Waals surface area contributed by atoms with Crippen molar-refractivity contribution >= 4 is 11.8 Å². The Labute approximate surface area is 210 Å². The molecule has 0 saturated heterocycles. The smallest absolute Gasteiger partial charge is 0.336 e. The highest BCUT2D eigenvalue weighted by molar-refractivity contribution is 6.04. The van der Waals surface area contributed by atoms with Crippen molar-refractivity contribution in [2.75, 3.05) is 35.5 Å². The number of esters is 1. The molecule has 0 aromatic heterocycles. The molecule has 2 aromatic carbocycles. The van der Waals surface area contributed by atoms with E-state index in [4.69, 9.17) is 23.7 Å². The first-order chi connectivity index (χ1) is 17.4. The zero-order chi connectivity index (χ0) is 26.0. The van der Waals surface area contributed by atoms with Crippen molar-refractivity contribution in [1.29, 1.82) is 0 Å². The van der Waals surface area contributed by atoms with E-state index in [9.17, 15) is 9.59 Å². The third kappa shape index (κ3) is 4.39. The van der Waals surface area contributed by atoms with Crippen LogP contribution in [0.4, 0.5) is 0 Å². The van der Waals surface area contributed by atoms with Crippen molar-refractivity contribution in [2.45, 2.75) is 31.6 Å². The topological polar surface area (TPSA) is 92.3 Å². The zero-order valence-electron chi connectivity index (χ0n) is 21.4. The minimum Gasteiger partial charge on any atom is -0.497 e. The van der Waals surface area contributed by atoms with Gasteiger partial charge in [-0.1, -0.05) is 12.1 Å². The van der Waals surface area contributed by atoms with Crippen molar-refractivity contribution in [3.63, 3.8) is 0 Å². The summed E-state index contributed by atoms with van der Waals surface area (Å²) < 4.78 is 27.0. The van der Waals surface area contributed by atoms with Crippen molar-refractivity contribution in [3.05, 3.63) is 70.1 Å². The zero-order valence-corrected chi connectivity index (χ0v) is 21.4. The number of ketones is 1. The Bertz CT molecular complexity index is 1260. The van der Waals surface area contributed by atoms with Gasteiger partial charge in [0, 0.05) is 35.0 Å². The van der Waals surface area contributed by atoms with Gasteiger partial charge in [0.15, 0.2) is 17.3 Å². The average molecular weight is 494 g/mol. The Kier molecular flexibility index (Phi) is 7.24. The number of hydrogen-bond donors (Lipinski definition) is 1. The number of allylic oxidation sites excluding steroid dienone is 3. The molecule has 8 heteroatoms. The van der Waals surface area contributed by atoms with E-state index in [1.165, 1.54) is 7.11 Å². The Balaban J connectivity index is 1.82. The van der Waals surface area contributed by atoms with Crippen LogP contribution in [0.3, 0.4) is 0 Å². The third-order valence-corrected chi connectivity index (χ3v) is 6.86. The average Bonchev–Trinajstić information content (AvgIpc) is 2.90. The maximum absolute atomic E-state index is 13.8. The molecule has 0 saturated carbocycles. The van der Waals surface area contributed by atoms with Crippen molar-refractivity contribution in [1.82, 2.24) is 5.32 Å². The molecule has 0 radical (unpaired) electrons. The molecule has 0 amide bonds. The van der Waals surface area contributed by atoms with Crippen LogP contribution in [-0.2, 0) is 14.3 Å². The second kappa shape index (κ2) is 10.4. The molecule has 190 valence electrons. The van der Waals surface area contributed by atoms with Gasteiger partial charge in [-0.25, -0.2) is 4.79 Å². The summed E-state index contributed by atoms with van der Waals surface area (Å²) in [6.07, 6.45) is 0.885. The van der Waals surface area contributed by atoms with Crippen LogP contribution < -0.4 is 24.3 Å². The lowest BCUT2D eigenvalue weighted by molar-refractivity contribution is -0.136. The van der Waals surface area contributed by atoms with Crippen LogP contribution in [0, 0.1) is 0 Å². The second-order valence-electron chi connectivity index (χ2n) is 8.73. The minimum absolute atomic E-state index is 0.0414. The summed E-state index contributed by atoms with van der Waals surface area (Å²) in [7, 11) is 7.64. The summed E-state index contributed by atoms with van der Waals surface area (Å²) in [6, 6.07) is 11.1. The molecule has 36 heavy (non-hydrogen) atoms. The monoisotopic (exact) mass is 493 g/mol. The summed E-state index contributed by atoms with van der Waals surface area (Å²) in [5.41, 5.74) is 4.06. The molecule has 8 nitrogen and oxygen atoms in total. The number of methoxy groups -OCH3 is 5. The highest BCUT2D eigenvalue weighted by Crippen LogP contribution is 2.48. The molecule has 0 unspecified atom stereocenters. The molecule has 4 rings (SSSR count). The number of hydrogen-bond acceptors (Lipinski definition) is 8. The van der Waals surface area contributed by atoms with Gasteiger partial charge in [-0.3, -0.25) is 4.79 Å². The predicted molar refractivity (Wildman–Crippen MR) is 134 cm³/mol. The first kappa shape index (κ1) is 25.2. The predicted octanol–water partition coefficient (Wildman–Crippen LogP) is 4.26. The number of carbonyl (C=O) groups is 2. The van der Waals surface area contributed by atoms with Crippen molar-refractivity contribution in [3.8, 4) is 23.0 Å². The van der Waals surface area contributed by atoms with Crippen LogP contribution in [0.1, 0.15) is 42.7 Å². The molecule has 1 heterocycles. The fourth-order valence-electron chi connectivity index (χ4n) is 5.13. The van der Waals surface area contributed by atoms with Crippen molar-refractivity contribution in [2.24, 2.45) is 0 Å². The number of dihydropyridines is 1. The molecule has 0 bridgehead atoms. The Morgan fingerprint density at radius 2 is 1.58 bits per heavy atom. The largest absolute Gasteiger partial charge is 0.497 e. The Morgan fingerprint density at radius 3 is 2.22 bits per heavy atom. The number of Topliss-reactive ketones (excluding diaryl/α,β-unsaturated/α-hetero) is 1. The lowest BCUT2D eigenvalue weighted by Gasteiger charge is -2.37. The maximum atomic E-state index is 13.8. The van der Waals surface area contributed by atoms with Gasteiger partial charge in [-0.2, -0.15) is 0 Å². The SMILES string of the molecule is COC(=O)C1=C(C)NC2=C(C(=O)C[C@@H](c3ccc(OC)c(OC)c3)C2)[C@H]1c1ccc(OC)cc1OC. The van der Waals surface area contributed by atoms with Crippen molar-refractivity contribution < 1.29 is 33.3 Å². The molecule has 1 aliphatic heterocycles. The van der Waals surface area contributed by atoms with Crippen LogP contribution in [-0.4, -0.2) is 47.3 Å². The van der Waals surface area contributed by atoms with Gasteiger partial charge in [-0.15, -0.1) is 0 Å². The minimum atomic E-state index is -0.631. The highest BCUT2D eigenvalue weighted by Gasteiger charge is 2.42. The van der Waals surface area contributed by atoms with Gasteiger partial charge in [0.1, 0.15) is 11.5 Å². The molecular formula is C28H31NO7. The maximum Gasteiger partial charge on any atom is 0.336 e. The molecular weight excluding hydrogens is 462 g/mol. The quantitative estimate of drug-likeness (QED) is 0.572. The molecule has 0 fully saturated rings. The summed E-state index contributed by atoms with van der Waals surface area (Å²) in [5, 5.41) is 3.34. The van der Waals surface area contributed by atoms with Crippen LogP contribution in [0.25, 0.3) is 0 Å². The molecule has 1 N–H and O–H groups in total. The van der Waals surface area contributed by atoms with E-state index in [1.807, 2.05) is 31.2 Å². The van der Waals surface area contributed by atoms with E-state index >= 15 is 0 Å². The number of carbonyl (C=O) groups excluding carboxylic acids is 2. The van der Waals surface area contributed by atoms with Crippen LogP contribution in [0.5, 0.6) is 23.0 Å². The fraction of sp³-hybridized carbons (Fsp3) is 0.357. The summed E-state index contributed by atoms with van der Waals surface area (Å²) >= 11 is 0. The first-order valence-electron chi connectivity index (χ1n) is 11.6. The molecule has 2 aliphatic rings. The number of rotatable bonds is 7. The number of nitrogens with one attached hydrogen (secondary N) is 1. The molecule has 1 aliphatic carbocycles. The number of ether oxygens (including phenoxy) is 5. The summed E-state index contributed by atoms with van der Waals surface area (Å²) in [6.45, 7) is 1.82. The van der Waals surface area contributed by atoms with Crippen LogP contribution >= 0.6 is 0 Å². The van der Waals surface area contributed by atoms with E-state index in [0.29, 0.717) is 58.2 Å². The normalized spacial score (nSPS) is 19.3. The highest BCUT2D eigenvalue weighted by atomic mass is 16.5. The van der Waals surface area contributed by atoms with Gasteiger partial charge < -0.3 is 29.0 Å². The van der Waals surface area contributed by atoms with Gasteiger partial charge in [-0.05, 0) is 43.0 Å². The van der Waals surface area contributed by atoms with Gasteiger partial charge >= 0.3 is 5.97 Å². The molecule has 0 spiro atoms. The lowest BCUT2D eigenvalue weighted by atomic mass is 9.71. The molecule has 2 aromatic rings. The van der Waals surface area contributed by atoms with Crippen LogP contribution in [0.15, 0.2) is 58.9 Å². The third-order valence-electron chi connectivity index (χ3n) is 6.86. The van der Waals surface area contributed by atoms with E-state index in [2.05, 4.69) is 5.32 Å². The Hall–Kier alpha value is -3.94. The van der Waals surface area contributed by atoms with E-state index in [-0.39, 0.29) is 11.7 Å². The Morgan fingerprint density at radius 1 is 0.861 bits per heavy atom. The van der Waals surface area contributed by atoms with Gasteiger partial charge in [0.2, 0.25) is 0 Å². The lowest BCUT2D eigenvalue weighted by Crippen LogP contribution is -2.36. The van der Waals surface area contributed by atoms with Gasteiger partial charge in [0.25, 0.3) is 0 Å². The number of benzene rings is 2. The summed E-state index contributed by atoms with van der Waals surface area (Å²) in [4.78, 5) is 26.7. The summed E-state index contributed by atoms with van der Waals surface area (Å²) in [5.74, 6) is 1.16. The standard InChI is InChI=1S/C28H31NO7/c1-15-25(28(31)36-6)26(19-9-8-18(32-2)14-23(19)34-4)27-20(29-15)11-17(12-21(27)30)16-7-10-22(33-3)24(13-16)35-5/h7-10,13-14,17,26,29H,11-12H2,1-6H3/t17-,26-/m0/s1. The van der Waals surface area contributed by atoms with Gasteiger partial charge in [0.05, 0.1) is 47.0 Å². The van der Waals surface area contributed by atoms with E-state index < -0.39 is 11.9 Å². The first-order valence-corrected chi connectivity index (χ1v) is 11.6. The fourth-order valence-corrected chi connectivity index (χ4v) is 5.13. The molecule has 2 atom stereocenters. The van der Waals surface area contributed by atoms with E-state index in [0.717, 1.165) is 11.3 Å².